The highest BCUT2D eigenvalue weighted by atomic mass is 16.5. The summed E-state index contributed by atoms with van der Waals surface area (Å²) in [5, 5.41) is 2.97. The minimum absolute atomic E-state index is 0.0202. The number of nitrogens with one attached hydrogen (secondary N) is 1. The SMILES string of the molecule is CCOc1ccc(C(=O)NC(C(=O)N(C(C)C)C2CCCC2)C(C)C)cc1. The predicted molar refractivity (Wildman–Crippen MR) is 108 cm³/mol. The minimum atomic E-state index is -0.521. The Morgan fingerprint density at radius 3 is 2.19 bits per heavy atom. The lowest BCUT2D eigenvalue weighted by molar-refractivity contribution is -0.138. The van der Waals surface area contributed by atoms with Gasteiger partial charge in [-0.15, -0.1) is 0 Å². The Morgan fingerprint density at radius 2 is 1.70 bits per heavy atom. The second-order valence-electron chi connectivity index (χ2n) is 7.93. The van der Waals surface area contributed by atoms with Crippen LogP contribution >= 0.6 is 0 Å². The molecule has 2 rings (SSSR count). The third kappa shape index (κ3) is 5.47. The molecule has 0 aliphatic heterocycles. The molecular formula is C22H34N2O3. The molecule has 0 spiro atoms. The summed E-state index contributed by atoms with van der Waals surface area (Å²) in [4.78, 5) is 28.0. The van der Waals surface area contributed by atoms with E-state index in [1.54, 1.807) is 24.3 Å². The van der Waals surface area contributed by atoms with Crippen molar-refractivity contribution in [1.29, 1.82) is 0 Å². The van der Waals surface area contributed by atoms with Gasteiger partial charge in [0.25, 0.3) is 5.91 Å². The average molecular weight is 375 g/mol. The zero-order valence-corrected chi connectivity index (χ0v) is 17.3. The van der Waals surface area contributed by atoms with Crippen molar-refractivity contribution in [3.63, 3.8) is 0 Å². The van der Waals surface area contributed by atoms with Gasteiger partial charge in [0.15, 0.2) is 0 Å². The van der Waals surface area contributed by atoms with Crippen LogP contribution in [-0.4, -0.2) is 41.4 Å². The van der Waals surface area contributed by atoms with Crippen molar-refractivity contribution in [2.45, 2.75) is 78.4 Å². The number of carbonyl (C=O) groups excluding carboxylic acids is 2. The smallest absolute Gasteiger partial charge is 0.251 e. The van der Waals surface area contributed by atoms with Crippen molar-refractivity contribution < 1.29 is 14.3 Å². The monoisotopic (exact) mass is 374 g/mol. The molecule has 1 saturated carbocycles. The van der Waals surface area contributed by atoms with Crippen LogP contribution < -0.4 is 10.1 Å². The maximum absolute atomic E-state index is 13.3. The number of nitrogens with zero attached hydrogens (tertiary/aromatic N) is 1. The first-order chi connectivity index (χ1) is 12.8. The lowest BCUT2D eigenvalue weighted by Crippen LogP contribution is -2.55. The van der Waals surface area contributed by atoms with Crippen molar-refractivity contribution in [3.05, 3.63) is 29.8 Å². The fourth-order valence-corrected chi connectivity index (χ4v) is 3.81. The highest BCUT2D eigenvalue weighted by molar-refractivity contribution is 5.97. The van der Waals surface area contributed by atoms with Crippen LogP contribution in [0, 0.1) is 5.92 Å². The summed E-state index contributed by atoms with van der Waals surface area (Å²) >= 11 is 0. The van der Waals surface area contributed by atoms with Crippen molar-refractivity contribution in [2.24, 2.45) is 5.92 Å². The predicted octanol–water partition coefficient (Wildman–Crippen LogP) is 4.02. The van der Waals surface area contributed by atoms with Gasteiger partial charge in [0.05, 0.1) is 6.61 Å². The van der Waals surface area contributed by atoms with E-state index in [2.05, 4.69) is 19.2 Å². The molecular weight excluding hydrogens is 340 g/mol. The summed E-state index contributed by atoms with van der Waals surface area (Å²) in [5.74, 6) is 0.566. The third-order valence-corrected chi connectivity index (χ3v) is 5.18. The van der Waals surface area contributed by atoms with E-state index in [9.17, 15) is 9.59 Å². The maximum atomic E-state index is 13.3. The van der Waals surface area contributed by atoms with E-state index < -0.39 is 6.04 Å². The van der Waals surface area contributed by atoms with E-state index in [4.69, 9.17) is 4.74 Å². The van der Waals surface area contributed by atoms with E-state index >= 15 is 0 Å². The second-order valence-corrected chi connectivity index (χ2v) is 7.93. The molecule has 1 atom stereocenters. The Labute approximate surface area is 163 Å². The molecule has 0 radical (unpaired) electrons. The summed E-state index contributed by atoms with van der Waals surface area (Å²) in [6.07, 6.45) is 4.46. The van der Waals surface area contributed by atoms with E-state index in [1.165, 1.54) is 12.8 Å². The van der Waals surface area contributed by atoms with E-state index in [1.807, 2.05) is 25.7 Å². The topological polar surface area (TPSA) is 58.6 Å². The third-order valence-electron chi connectivity index (χ3n) is 5.18. The van der Waals surface area contributed by atoms with E-state index in [0.717, 1.165) is 18.6 Å². The Morgan fingerprint density at radius 1 is 1.11 bits per heavy atom. The van der Waals surface area contributed by atoms with Gasteiger partial charge in [-0.2, -0.15) is 0 Å². The molecule has 2 amide bonds. The number of rotatable bonds is 8. The van der Waals surface area contributed by atoms with Crippen molar-refractivity contribution in [1.82, 2.24) is 10.2 Å². The van der Waals surface area contributed by atoms with E-state index in [-0.39, 0.29) is 23.8 Å². The van der Waals surface area contributed by atoms with Crippen LogP contribution in [0.1, 0.15) is 70.7 Å². The highest BCUT2D eigenvalue weighted by Crippen LogP contribution is 2.26. The van der Waals surface area contributed by atoms with Crippen LogP contribution in [-0.2, 0) is 4.79 Å². The van der Waals surface area contributed by atoms with Gasteiger partial charge in [0.1, 0.15) is 11.8 Å². The summed E-state index contributed by atoms with van der Waals surface area (Å²) < 4.78 is 5.42. The lowest BCUT2D eigenvalue weighted by atomic mass is 9.99. The number of hydrogen-bond donors (Lipinski definition) is 1. The molecule has 0 aromatic heterocycles. The molecule has 1 aromatic carbocycles. The quantitative estimate of drug-likeness (QED) is 0.748. The van der Waals surface area contributed by atoms with Gasteiger partial charge in [0, 0.05) is 17.6 Å². The van der Waals surface area contributed by atoms with Gasteiger partial charge < -0.3 is 15.0 Å². The standard InChI is InChI=1S/C22H34N2O3/c1-6-27-19-13-11-17(12-14-19)21(25)23-20(15(2)3)22(26)24(16(4)5)18-9-7-8-10-18/h11-16,18,20H,6-10H2,1-5H3,(H,23,25). The second kappa shape index (κ2) is 9.77. The summed E-state index contributed by atoms with van der Waals surface area (Å²) in [6, 6.07) is 6.93. The lowest BCUT2D eigenvalue weighted by Gasteiger charge is -2.37. The molecule has 27 heavy (non-hydrogen) atoms. The molecule has 1 aromatic rings. The van der Waals surface area contributed by atoms with Gasteiger partial charge in [-0.25, -0.2) is 0 Å². The van der Waals surface area contributed by atoms with Crippen molar-refractivity contribution >= 4 is 11.8 Å². The van der Waals surface area contributed by atoms with Gasteiger partial charge in [-0.1, -0.05) is 26.7 Å². The molecule has 1 aliphatic rings. The summed E-state index contributed by atoms with van der Waals surface area (Å²) in [7, 11) is 0. The van der Waals surface area contributed by atoms with Gasteiger partial charge >= 0.3 is 0 Å². The Balaban J connectivity index is 2.13. The first-order valence-electron chi connectivity index (χ1n) is 10.2. The zero-order valence-electron chi connectivity index (χ0n) is 17.3. The first-order valence-corrected chi connectivity index (χ1v) is 10.2. The van der Waals surface area contributed by atoms with E-state index in [0.29, 0.717) is 18.2 Å². The number of amides is 2. The minimum Gasteiger partial charge on any atom is -0.494 e. The summed E-state index contributed by atoms with van der Waals surface area (Å²) in [5.41, 5.74) is 0.536. The van der Waals surface area contributed by atoms with Crippen LogP contribution in [0.3, 0.4) is 0 Å². The molecule has 0 saturated heterocycles. The van der Waals surface area contributed by atoms with Crippen LogP contribution in [0.2, 0.25) is 0 Å². The number of carbonyl (C=O) groups is 2. The zero-order chi connectivity index (χ0) is 20.0. The fraction of sp³-hybridized carbons (Fsp3) is 0.636. The van der Waals surface area contributed by atoms with Gasteiger partial charge in [-0.05, 0) is 63.8 Å². The maximum Gasteiger partial charge on any atom is 0.251 e. The molecule has 1 fully saturated rings. The fourth-order valence-electron chi connectivity index (χ4n) is 3.81. The molecule has 0 heterocycles. The molecule has 1 unspecified atom stereocenters. The molecule has 5 nitrogen and oxygen atoms in total. The Bertz CT molecular complexity index is 619. The van der Waals surface area contributed by atoms with Crippen molar-refractivity contribution in [3.8, 4) is 5.75 Å². The van der Waals surface area contributed by atoms with Gasteiger partial charge in [0.2, 0.25) is 5.91 Å². The molecule has 1 N–H and O–H groups in total. The number of benzene rings is 1. The van der Waals surface area contributed by atoms with Crippen LogP contribution in [0.5, 0.6) is 5.75 Å². The average Bonchev–Trinajstić information content (AvgIpc) is 3.13. The van der Waals surface area contributed by atoms with Crippen LogP contribution in [0.4, 0.5) is 0 Å². The Hall–Kier alpha value is -2.04. The van der Waals surface area contributed by atoms with Crippen molar-refractivity contribution in [2.75, 3.05) is 6.61 Å². The highest BCUT2D eigenvalue weighted by Gasteiger charge is 2.35. The first kappa shape index (κ1) is 21.3. The molecule has 5 heteroatoms. The molecule has 1 aliphatic carbocycles. The normalized spacial score (nSPS) is 15.8. The largest absolute Gasteiger partial charge is 0.494 e. The Kier molecular flexibility index (Phi) is 7.69. The van der Waals surface area contributed by atoms with Gasteiger partial charge in [-0.3, -0.25) is 9.59 Å². The molecule has 150 valence electrons. The summed E-state index contributed by atoms with van der Waals surface area (Å²) in [6.45, 7) is 10.6. The molecule has 0 bridgehead atoms. The number of ether oxygens (including phenoxy) is 1. The van der Waals surface area contributed by atoms with Crippen LogP contribution in [0.25, 0.3) is 0 Å². The van der Waals surface area contributed by atoms with Crippen LogP contribution in [0.15, 0.2) is 24.3 Å². The number of hydrogen-bond acceptors (Lipinski definition) is 3.